The number of amides is 2. The number of carboxylic acid groups (broad SMARTS) is 1. The van der Waals surface area contributed by atoms with Crippen molar-refractivity contribution < 1.29 is 19.4 Å². The van der Waals surface area contributed by atoms with Gasteiger partial charge in [-0.15, -0.1) is 0 Å². The molecule has 0 saturated heterocycles. The summed E-state index contributed by atoms with van der Waals surface area (Å²) in [6.45, 7) is 6.30. The second-order valence-electron chi connectivity index (χ2n) is 4.52. The first-order chi connectivity index (χ1) is 8.42. The number of carbonyl (C=O) groups is 2. The van der Waals surface area contributed by atoms with Gasteiger partial charge in [0.2, 0.25) is 0 Å². The maximum atomic E-state index is 12.0. The third-order valence-electron chi connectivity index (χ3n) is 2.73. The van der Waals surface area contributed by atoms with Gasteiger partial charge < -0.3 is 20.1 Å². The number of ether oxygens (including phenoxy) is 1. The van der Waals surface area contributed by atoms with E-state index in [2.05, 4.69) is 5.32 Å². The Morgan fingerprint density at radius 2 is 2.00 bits per heavy atom. The minimum atomic E-state index is -1.03. The largest absolute Gasteiger partial charge is 0.480 e. The molecule has 6 heteroatoms. The van der Waals surface area contributed by atoms with Crippen molar-refractivity contribution in [1.82, 2.24) is 10.2 Å². The fourth-order valence-electron chi connectivity index (χ4n) is 1.61. The Kier molecular flexibility index (Phi) is 8.11. The molecule has 0 fully saturated rings. The van der Waals surface area contributed by atoms with Crippen LogP contribution in [0.4, 0.5) is 4.79 Å². The number of rotatable bonds is 8. The Labute approximate surface area is 108 Å². The first-order valence-electron chi connectivity index (χ1n) is 6.18. The van der Waals surface area contributed by atoms with Crippen LogP contribution in [0.25, 0.3) is 0 Å². The summed E-state index contributed by atoms with van der Waals surface area (Å²) in [5.74, 6) is -0.716. The monoisotopic (exact) mass is 260 g/mol. The van der Waals surface area contributed by atoms with Crippen LogP contribution < -0.4 is 5.32 Å². The molecule has 1 unspecified atom stereocenters. The predicted octanol–water partition coefficient (Wildman–Crippen LogP) is 1.16. The van der Waals surface area contributed by atoms with Gasteiger partial charge in [-0.05, 0) is 12.3 Å². The molecule has 0 aromatic heterocycles. The van der Waals surface area contributed by atoms with Gasteiger partial charge >= 0.3 is 12.0 Å². The van der Waals surface area contributed by atoms with E-state index in [1.54, 1.807) is 0 Å². The molecule has 0 radical (unpaired) electrons. The van der Waals surface area contributed by atoms with E-state index in [1.165, 1.54) is 12.0 Å². The summed E-state index contributed by atoms with van der Waals surface area (Å²) < 4.78 is 4.87. The number of nitrogens with zero attached hydrogens (tertiary/aromatic N) is 1. The zero-order valence-corrected chi connectivity index (χ0v) is 11.6. The molecule has 0 aromatic rings. The second-order valence-corrected chi connectivity index (χ2v) is 4.52. The van der Waals surface area contributed by atoms with Gasteiger partial charge in [-0.3, -0.25) is 4.79 Å². The quantitative estimate of drug-likeness (QED) is 0.686. The molecule has 0 aliphatic rings. The van der Waals surface area contributed by atoms with Crippen molar-refractivity contribution in [3.63, 3.8) is 0 Å². The van der Waals surface area contributed by atoms with Crippen LogP contribution in [0.3, 0.4) is 0 Å². The lowest BCUT2D eigenvalue weighted by molar-refractivity contribution is -0.137. The normalized spacial score (nSPS) is 12.3. The van der Waals surface area contributed by atoms with Crippen LogP contribution in [-0.4, -0.2) is 54.9 Å². The fourth-order valence-corrected chi connectivity index (χ4v) is 1.61. The minimum Gasteiger partial charge on any atom is -0.480 e. The highest BCUT2D eigenvalue weighted by Gasteiger charge is 2.20. The van der Waals surface area contributed by atoms with Crippen LogP contribution in [0.2, 0.25) is 0 Å². The van der Waals surface area contributed by atoms with Crippen LogP contribution in [0.15, 0.2) is 0 Å². The average molecular weight is 260 g/mol. The summed E-state index contributed by atoms with van der Waals surface area (Å²) in [6.07, 6.45) is 0.814. The molecular formula is C12H24N2O4. The first-order valence-corrected chi connectivity index (χ1v) is 6.18. The molecule has 0 aliphatic heterocycles. The third kappa shape index (κ3) is 6.44. The van der Waals surface area contributed by atoms with Crippen LogP contribution in [0.1, 0.15) is 27.2 Å². The lowest BCUT2D eigenvalue weighted by Crippen LogP contribution is -2.49. The van der Waals surface area contributed by atoms with E-state index < -0.39 is 5.97 Å². The van der Waals surface area contributed by atoms with Crippen LogP contribution in [0, 0.1) is 5.92 Å². The van der Waals surface area contributed by atoms with Crippen molar-refractivity contribution in [2.45, 2.75) is 33.2 Å². The van der Waals surface area contributed by atoms with E-state index in [-0.39, 0.29) is 25.2 Å². The zero-order valence-electron chi connectivity index (χ0n) is 11.6. The molecule has 0 bridgehead atoms. The van der Waals surface area contributed by atoms with Gasteiger partial charge in [0.05, 0.1) is 6.61 Å². The number of hydrogen-bond donors (Lipinski definition) is 2. The van der Waals surface area contributed by atoms with Crippen molar-refractivity contribution >= 4 is 12.0 Å². The van der Waals surface area contributed by atoms with E-state index >= 15 is 0 Å². The van der Waals surface area contributed by atoms with Crippen LogP contribution in [-0.2, 0) is 9.53 Å². The van der Waals surface area contributed by atoms with E-state index in [0.29, 0.717) is 12.5 Å². The molecule has 1 atom stereocenters. The Morgan fingerprint density at radius 3 is 2.39 bits per heavy atom. The summed E-state index contributed by atoms with van der Waals surface area (Å²) >= 11 is 0. The summed E-state index contributed by atoms with van der Waals surface area (Å²) in [5, 5.41) is 11.6. The zero-order chi connectivity index (χ0) is 14.1. The number of carbonyl (C=O) groups excluding carboxylic acids is 1. The van der Waals surface area contributed by atoms with Gasteiger partial charge in [-0.1, -0.05) is 20.8 Å². The number of urea groups is 1. The first kappa shape index (κ1) is 16.7. The van der Waals surface area contributed by atoms with Gasteiger partial charge in [-0.25, -0.2) is 4.79 Å². The number of aliphatic carboxylic acids is 1. The topological polar surface area (TPSA) is 78.9 Å². The summed E-state index contributed by atoms with van der Waals surface area (Å²) in [7, 11) is 1.51. The molecule has 0 saturated carbocycles. The lowest BCUT2D eigenvalue weighted by Gasteiger charge is -2.26. The second kappa shape index (κ2) is 8.74. The molecule has 2 N–H and O–H groups in total. The summed E-state index contributed by atoms with van der Waals surface area (Å²) in [4.78, 5) is 23.9. The minimum absolute atomic E-state index is 0.0522. The molecule has 0 spiro atoms. The van der Waals surface area contributed by atoms with Gasteiger partial charge in [0.25, 0.3) is 0 Å². The van der Waals surface area contributed by atoms with Gasteiger partial charge in [0.15, 0.2) is 0 Å². The van der Waals surface area contributed by atoms with Crippen molar-refractivity contribution in [3.8, 4) is 0 Å². The molecule has 0 rings (SSSR count). The average Bonchev–Trinajstić information content (AvgIpc) is 2.30. The molecule has 0 heterocycles. The third-order valence-corrected chi connectivity index (χ3v) is 2.73. The molecule has 0 aliphatic carbocycles. The predicted molar refractivity (Wildman–Crippen MR) is 68.5 cm³/mol. The maximum absolute atomic E-state index is 12.0. The number of nitrogens with one attached hydrogen (secondary N) is 1. The number of carboxylic acids is 1. The number of methoxy groups -OCH3 is 1. The fraction of sp³-hybridized carbons (Fsp3) is 0.833. The SMILES string of the molecule is CCC(NC(=O)N(CCOC)CC(=O)O)C(C)C. The highest BCUT2D eigenvalue weighted by molar-refractivity contribution is 5.80. The molecular weight excluding hydrogens is 236 g/mol. The van der Waals surface area contributed by atoms with E-state index in [9.17, 15) is 9.59 Å². The van der Waals surface area contributed by atoms with Gasteiger partial charge in [0.1, 0.15) is 6.54 Å². The van der Waals surface area contributed by atoms with E-state index in [0.717, 1.165) is 6.42 Å². The van der Waals surface area contributed by atoms with Gasteiger partial charge in [-0.2, -0.15) is 0 Å². The van der Waals surface area contributed by atoms with Crippen LogP contribution >= 0.6 is 0 Å². The molecule has 0 aromatic carbocycles. The Bertz CT molecular complexity index is 269. The highest BCUT2D eigenvalue weighted by atomic mass is 16.5. The van der Waals surface area contributed by atoms with Crippen molar-refractivity contribution in [1.29, 1.82) is 0 Å². The Morgan fingerprint density at radius 1 is 1.39 bits per heavy atom. The van der Waals surface area contributed by atoms with E-state index in [4.69, 9.17) is 9.84 Å². The molecule has 2 amide bonds. The Balaban J connectivity index is 4.47. The Hall–Kier alpha value is -1.30. The molecule has 106 valence electrons. The molecule has 6 nitrogen and oxygen atoms in total. The lowest BCUT2D eigenvalue weighted by atomic mass is 10.0. The van der Waals surface area contributed by atoms with Crippen molar-refractivity contribution in [2.75, 3.05) is 26.8 Å². The van der Waals surface area contributed by atoms with E-state index in [1.807, 2.05) is 20.8 Å². The summed E-state index contributed by atoms with van der Waals surface area (Å²) in [5.41, 5.74) is 0. The highest BCUT2D eigenvalue weighted by Crippen LogP contribution is 2.06. The molecule has 18 heavy (non-hydrogen) atoms. The van der Waals surface area contributed by atoms with Crippen LogP contribution in [0.5, 0.6) is 0 Å². The maximum Gasteiger partial charge on any atom is 0.323 e. The van der Waals surface area contributed by atoms with Crippen molar-refractivity contribution in [3.05, 3.63) is 0 Å². The summed E-state index contributed by atoms with van der Waals surface area (Å²) in [6, 6.07) is -0.300. The number of hydrogen-bond acceptors (Lipinski definition) is 3. The van der Waals surface area contributed by atoms with Gasteiger partial charge in [0, 0.05) is 19.7 Å². The smallest absolute Gasteiger partial charge is 0.323 e. The van der Waals surface area contributed by atoms with Crippen molar-refractivity contribution in [2.24, 2.45) is 5.92 Å². The standard InChI is InChI=1S/C12H24N2O4/c1-5-10(9(2)3)13-12(17)14(6-7-18-4)8-11(15)16/h9-10H,5-8H2,1-4H3,(H,13,17)(H,15,16).